The average molecular weight is 306 g/mol. The van der Waals surface area contributed by atoms with Crippen LogP contribution in [0.2, 0.25) is 0 Å². The van der Waals surface area contributed by atoms with E-state index < -0.39 is 15.8 Å². The van der Waals surface area contributed by atoms with Crippen LogP contribution in [0.4, 0.5) is 10.1 Å². The maximum Gasteiger partial charge on any atom is 0.240 e. The van der Waals surface area contributed by atoms with Gasteiger partial charge in [0.25, 0.3) is 0 Å². The summed E-state index contributed by atoms with van der Waals surface area (Å²) >= 11 is 1.72. The number of unbranched alkanes of at least 4 members (excludes halogenated alkanes) is 1. The molecule has 0 amide bonds. The van der Waals surface area contributed by atoms with Crippen molar-refractivity contribution >= 4 is 27.5 Å². The number of sulfonamides is 1. The Morgan fingerprint density at radius 3 is 2.63 bits per heavy atom. The van der Waals surface area contributed by atoms with Crippen molar-refractivity contribution in [3.8, 4) is 0 Å². The molecule has 0 radical (unpaired) electrons. The Kier molecular flexibility index (Phi) is 6.09. The zero-order valence-corrected chi connectivity index (χ0v) is 12.7. The van der Waals surface area contributed by atoms with Crippen LogP contribution in [0.25, 0.3) is 0 Å². The smallest absolute Gasteiger partial charge is 0.240 e. The van der Waals surface area contributed by atoms with Crippen molar-refractivity contribution in [2.75, 3.05) is 24.3 Å². The van der Waals surface area contributed by atoms with E-state index in [1.807, 2.05) is 6.26 Å². The van der Waals surface area contributed by atoms with Gasteiger partial charge in [-0.3, -0.25) is 0 Å². The summed E-state index contributed by atoms with van der Waals surface area (Å²) in [5, 5.41) is 0. The predicted molar refractivity (Wildman–Crippen MR) is 78.4 cm³/mol. The maximum absolute atomic E-state index is 13.5. The first-order valence-electron chi connectivity index (χ1n) is 5.92. The molecule has 1 rings (SSSR count). The molecular formula is C12H19FN2O2S2. The topological polar surface area (TPSA) is 72.2 Å². The van der Waals surface area contributed by atoms with Crippen LogP contribution < -0.4 is 10.5 Å². The van der Waals surface area contributed by atoms with Gasteiger partial charge in [0, 0.05) is 17.8 Å². The van der Waals surface area contributed by atoms with Gasteiger partial charge in [0.15, 0.2) is 0 Å². The van der Waals surface area contributed by atoms with Crippen LogP contribution in [0.15, 0.2) is 17.0 Å². The summed E-state index contributed by atoms with van der Waals surface area (Å²) in [6.07, 6.45) is 3.69. The van der Waals surface area contributed by atoms with Crippen LogP contribution in [-0.4, -0.2) is 27.0 Å². The van der Waals surface area contributed by atoms with Crippen LogP contribution in [-0.2, 0) is 10.0 Å². The molecule has 0 bridgehead atoms. The van der Waals surface area contributed by atoms with Gasteiger partial charge >= 0.3 is 0 Å². The summed E-state index contributed by atoms with van der Waals surface area (Å²) in [6.45, 7) is 1.86. The summed E-state index contributed by atoms with van der Waals surface area (Å²) in [5.74, 6) is 0.385. The molecule has 0 heterocycles. The fourth-order valence-electron chi connectivity index (χ4n) is 1.49. The molecule has 19 heavy (non-hydrogen) atoms. The molecule has 3 N–H and O–H groups in total. The zero-order valence-electron chi connectivity index (χ0n) is 11.1. The number of hydrogen-bond donors (Lipinski definition) is 2. The Morgan fingerprint density at radius 1 is 1.37 bits per heavy atom. The lowest BCUT2D eigenvalue weighted by atomic mass is 10.2. The lowest BCUT2D eigenvalue weighted by Gasteiger charge is -2.09. The fraction of sp³-hybridized carbons (Fsp3) is 0.500. The quantitative estimate of drug-likeness (QED) is 0.598. The lowest BCUT2D eigenvalue weighted by Crippen LogP contribution is -2.25. The van der Waals surface area contributed by atoms with E-state index in [-0.39, 0.29) is 16.1 Å². The number of nitrogens with one attached hydrogen (secondary N) is 1. The highest BCUT2D eigenvalue weighted by Crippen LogP contribution is 2.20. The minimum atomic E-state index is -3.69. The highest BCUT2D eigenvalue weighted by atomic mass is 32.2. The van der Waals surface area contributed by atoms with Gasteiger partial charge in [-0.2, -0.15) is 11.8 Å². The number of benzene rings is 1. The molecular weight excluding hydrogens is 287 g/mol. The third-order valence-electron chi connectivity index (χ3n) is 2.74. The Bertz CT molecular complexity index is 510. The predicted octanol–water partition coefficient (Wildman–Crippen LogP) is 2.14. The van der Waals surface area contributed by atoms with Gasteiger partial charge in [-0.05, 0) is 43.9 Å². The van der Waals surface area contributed by atoms with Crippen molar-refractivity contribution in [1.82, 2.24) is 4.72 Å². The van der Waals surface area contributed by atoms with Gasteiger partial charge in [0.05, 0.1) is 4.90 Å². The molecule has 1 aromatic carbocycles. The summed E-state index contributed by atoms with van der Waals surface area (Å²) in [4.78, 5) is -0.127. The molecule has 0 atom stereocenters. The first kappa shape index (κ1) is 16.3. The van der Waals surface area contributed by atoms with Gasteiger partial charge in [0.2, 0.25) is 10.0 Å². The third kappa shape index (κ3) is 4.67. The van der Waals surface area contributed by atoms with E-state index in [0.29, 0.717) is 6.54 Å². The molecule has 7 heteroatoms. The van der Waals surface area contributed by atoms with E-state index in [9.17, 15) is 12.8 Å². The number of nitrogen functional groups attached to an aromatic ring is 1. The first-order valence-corrected chi connectivity index (χ1v) is 8.80. The molecule has 0 fully saturated rings. The number of anilines is 1. The minimum Gasteiger partial charge on any atom is -0.398 e. The number of hydrogen-bond acceptors (Lipinski definition) is 4. The van der Waals surface area contributed by atoms with Gasteiger partial charge < -0.3 is 5.73 Å². The highest BCUT2D eigenvalue weighted by molar-refractivity contribution is 7.98. The molecule has 0 unspecified atom stereocenters. The van der Waals surface area contributed by atoms with Crippen molar-refractivity contribution in [3.63, 3.8) is 0 Å². The largest absolute Gasteiger partial charge is 0.398 e. The summed E-state index contributed by atoms with van der Waals surface area (Å²) in [7, 11) is -3.69. The van der Waals surface area contributed by atoms with Crippen LogP contribution in [0.5, 0.6) is 0 Å². The molecule has 0 spiro atoms. The second-order valence-corrected chi connectivity index (χ2v) is 6.97. The minimum absolute atomic E-state index is 0.127. The number of thioether (sulfide) groups is 1. The fourth-order valence-corrected chi connectivity index (χ4v) is 3.10. The van der Waals surface area contributed by atoms with Crippen LogP contribution in [0, 0.1) is 12.7 Å². The molecule has 0 aliphatic heterocycles. The van der Waals surface area contributed by atoms with E-state index in [4.69, 9.17) is 5.73 Å². The molecule has 108 valence electrons. The number of nitrogens with two attached hydrogens (primary N) is 1. The number of rotatable bonds is 7. The van der Waals surface area contributed by atoms with E-state index >= 15 is 0 Å². The highest BCUT2D eigenvalue weighted by Gasteiger charge is 2.16. The van der Waals surface area contributed by atoms with Gasteiger partial charge in [0.1, 0.15) is 5.82 Å². The Balaban J connectivity index is 2.72. The van der Waals surface area contributed by atoms with E-state index in [2.05, 4.69) is 4.72 Å². The van der Waals surface area contributed by atoms with Crippen molar-refractivity contribution in [1.29, 1.82) is 0 Å². The molecule has 0 aliphatic carbocycles. The molecule has 0 aliphatic rings. The van der Waals surface area contributed by atoms with Crippen molar-refractivity contribution in [3.05, 3.63) is 23.5 Å². The summed E-state index contributed by atoms with van der Waals surface area (Å²) in [6, 6.07) is 2.28. The van der Waals surface area contributed by atoms with Gasteiger partial charge in [-0.1, -0.05) is 0 Å². The third-order valence-corrected chi connectivity index (χ3v) is 4.87. The molecule has 1 aromatic rings. The normalized spacial score (nSPS) is 11.7. The second kappa shape index (κ2) is 7.12. The summed E-state index contributed by atoms with van der Waals surface area (Å²) in [5.41, 5.74) is 5.98. The summed E-state index contributed by atoms with van der Waals surface area (Å²) < 4.78 is 39.8. The second-order valence-electron chi connectivity index (χ2n) is 4.22. The van der Waals surface area contributed by atoms with Gasteiger partial charge in [-0.25, -0.2) is 17.5 Å². The monoisotopic (exact) mass is 306 g/mol. The SMILES string of the molecule is CSCCCCNS(=O)(=O)c1cc(N)c(C)c(F)c1. The average Bonchev–Trinajstić information content (AvgIpc) is 2.35. The maximum atomic E-state index is 13.5. The molecule has 4 nitrogen and oxygen atoms in total. The number of halogens is 1. The first-order chi connectivity index (χ1) is 8.88. The Morgan fingerprint density at radius 2 is 2.05 bits per heavy atom. The lowest BCUT2D eigenvalue weighted by molar-refractivity contribution is 0.574. The Hall–Kier alpha value is -0.790. The van der Waals surface area contributed by atoms with Crippen molar-refractivity contribution in [2.24, 2.45) is 0 Å². The van der Waals surface area contributed by atoms with Crippen molar-refractivity contribution < 1.29 is 12.8 Å². The molecule has 0 saturated heterocycles. The molecule has 0 aromatic heterocycles. The molecule has 0 saturated carbocycles. The van der Waals surface area contributed by atoms with E-state index in [1.165, 1.54) is 13.0 Å². The zero-order chi connectivity index (χ0) is 14.5. The Labute approximate surface area is 118 Å². The van der Waals surface area contributed by atoms with Crippen LogP contribution in [0.3, 0.4) is 0 Å². The van der Waals surface area contributed by atoms with E-state index in [0.717, 1.165) is 24.7 Å². The van der Waals surface area contributed by atoms with Crippen molar-refractivity contribution in [2.45, 2.75) is 24.7 Å². The van der Waals surface area contributed by atoms with Crippen LogP contribution >= 0.6 is 11.8 Å². The standard InChI is InChI=1S/C12H19FN2O2S2/c1-9-11(13)7-10(8-12(9)14)19(16,17)15-5-3-4-6-18-2/h7-8,15H,3-6,14H2,1-2H3. The van der Waals surface area contributed by atoms with Gasteiger partial charge in [-0.15, -0.1) is 0 Å². The van der Waals surface area contributed by atoms with Crippen LogP contribution in [0.1, 0.15) is 18.4 Å². The van der Waals surface area contributed by atoms with E-state index in [1.54, 1.807) is 11.8 Å².